The molecule has 2 atom stereocenters. The van der Waals surface area contributed by atoms with Crippen LogP contribution in [0.15, 0.2) is 0 Å². The molecule has 4 heteroatoms. The Bertz CT molecular complexity index is 457. The Labute approximate surface area is 153 Å². The zero-order valence-electron chi connectivity index (χ0n) is 15.9. The zero-order valence-corrected chi connectivity index (χ0v) is 15.9. The van der Waals surface area contributed by atoms with Crippen LogP contribution in [0.2, 0.25) is 0 Å². The second kappa shape index (κ2) is 7.96. The van der Waals surface area contributed by atoms with Crippen LogP contribution in [0.1, 0.15) is 77.0 Å². The van der Waals surface area contributed by atoms with Gasteiger partial charge in [0.25, 0.3) is 0 Å². The maximum Gasteiger partial charge on any atom is 0.223 e. The van der Waals surface area contributed by atoms with E-state index in [2.05, 4.69) is 9.80 Å². The molecule has 3 saturated heterocycles. The van der Waals surface area contributed by atoms with Crippen molar-refractivity contribution in [2.75, 3.05) is 32.8 Å². The number of rotatable bonds is 4. The molecule has 3 aliphatic heterocycles. The Morgan fingerprint density at radius 2 is 1.80 bits per heavy atom. The Kier molecular flexibility index (Phi) is 5.66. The third-order valence-electron chi connectivity index (χ3n) is 7.34. The van der Waals surface area contributed by atoms with Gasteiger partial charge in [-0.25, -0.2) is 0 Å². The highest BCUT2D eigenvalue weighted by molar-refractivity contribution is 5.79. The molecular weight excluding hydrogens is 312 g/mol. The fourth-order valence-electron chi connectivity index (χ4n) is 5.83. The molecular formula is C21H36N2O2. The summed E-state index contributed by atoms with van der Waals surface area (Å²) in [6.45, 7) is 5.46. The number of nitrogens with zero attached hydrogens (tertiary/aromatic N) is 2. The first-order valence-electron chi connectivity index (χ1n) is 10.9. The fourth-order valence-corrected chi connectivity index (χ4v) is 5.83. The van der Waals surface area contributed by atoms with E-state index in [1.165, 1.54) is 71.0 Å². The summed E-state index contributed by atoms with van der Waals surface area (Å²) < 4.78 is 5.85. The first kappa shape index (κ1) is 17.8. The molecule has 1 aliphatic carbocycles. The minimum Gasteiger partial charge on any atom is -0.376 e. The van der Waals surface area contributed by atoms with Crippen LogP contribution in [0.4, 0.5) is 0 Å². The molecule has 0 aromatic rings. The monoisotopic (exact) mass is 348 g/mol. The molecule has 1 spiro atoms. The van der Waals surface area contributed by atoms with Crippen LogP contribution in [-0.2, 0) is 9.53 Å². The van der Waals surface area contributed by atoms with Gasteiger partial charge in [-0.2, -0.15) is 0 Å². The summed E-state index contributed by atoms with van der Waals surface area (Å²) in [6.07, 6.45) is 15.2. The average Bonchev–Trinajstić information content (AvgIpc) is 3.19. The largest absolute Gasteiger partial charge is 0.376 e. The number of hydrogen-bond acceptors (Lipinski definition) is 3. The number of carbonyl (C=O) groups is 1. The number of amides is 1. The third-order valence-corrected chi connectivity index (χ3v) is 7.34. The van der Waals surface area contributed by atoms with Crippen LogP contribution in [0.5, 0.6) is 0 Å². The molecule has 3 heterocycles. The van der Waals surface area contributed by atoms with Gasteiger partial charge in [-0.15, -0.1) is 0 Å². The minimum atomic E-state index is 0.143. The van der Waals surface area contributed by atoms with E-state index in [4.69, 9.17) is 4.74 Å². The molecule has 1 saturated carbocycles. The van der Waals surface area contributed by atoms with E-state index >= 15 is 0 Å². The molecule has 0 aromatic carbocycles. The van der Waals surface area contributed by atoms with Crippen molar-refractivity contribution in [2.45, 2.75) is 88.7 Å². The van der Waals surface area contributed by atoms with Crippen molar-refractivity contribution in [1.82, 2.24) is 9.80 Å². The van der Waals surface area contributed by atoms with Crippen molar-refractivity contribution >= 4 is 5.91 Å². The highest BCUT2D eigenvalue weighted by Gasteiger charge is 2.46. The second-order valence-electron chi connectivity index (χ2n) is 9.02. The molecule has 1 amide bonds. The fraction of sp³-hybridized carbons (Fsp3) is 0.952. The van der Waals surface area contributed by atoms with Crippen molar-refractivity contribution in [3.63, 3.8) is 0 Å². The molecule has 0 aromatic heterocycles. The van der Waals surface area contributed by atoms with E-state index in [-0.39, 0.29) is 5.54 Å². The molecule has 0 N–H and O–H groups in total. The van der Waals surface area contributed by atoms with Crippen LogP contribution >= 0.6 is 0 Å². The molecule has 4 rings (SSSR count). The normalized spacial score (nSPS) is 35.6. The van der Waals surface area contributed by atoms with E-state index in [1.807, 2.05) is 0 Å². The first-order valence-corrected chi connectivity index (χ1v) is 10.9. The summed E-state index contributed by atoms with van der Waals surface area (Å²) >= 11 is 0. The van der Waals surface area contributed by atoms with Gasteiger partial charge in [0.15, 0.2) is 0 Å². The number of hydrogen-bond donors (Lipinski definition) is 0. The van der Waals surface area contributed by atoms with Crippen LogP contribution in [0.25, 0.3) is 0 Å². The lowest BCUT2D eigenvalue weighted by Gasteiger charge is -2.39. The Hall–Kier alpha value is -0.610. The maximum absolute atomic E-state index is 12.6. The summed E-state index contributed by atoms with van der Waals surface area (Å²) in [5, 5.41) is 0. The van der Waals surface area contributed by atoms with Gasteiger partial charge in [-0.05, 0) is 63.8 Å². The highest BCUT2D eigenvalue weighted by atomic mass is 16.5. The molecule has 142 valence electrons. The maximum atomic E-state index is 12.6. The van der Waals surface area contributed by atoms with E-state index in [9.17, 15) is 4.79 Å². The van der Waals surface area contributed by atoms with Gasteiger partial charge in [0, 0.05) is 38.2 Å². The van der Waals surface area contributed by atoms with E-state index in [1.54, 1.807) is 0 Å². The number of carbonyl (C=O) groups excluding carboxylic acids is 1. The van der Waals surface area contributed by atoms with Crippen LogP contribution in [0.3, 0.4) is 0 Å². The summed E-state index contributed by atoms with van der Waals surface area (Å²) in [5.74, 6) is 1.31. The number of ether oxygens (including phenoxy) is 1. The summed E-state index contributed by atoms with van der Waals surface area (Å²) in [7, 11) is 0. The van der Waals surface area contributed by atoms with Gasteiger partial charge >= 0.3 is 0 Å². The zero-order chi connectivity index (χ0) is 17.1. The highest BCUT2D eigenvalue weighted by Crippen LogP contribution is 2.40. The summed E-state index contributed by atoms with van der Waals surface area (Å²) in [4.78, 5) is 17.6. The predicted octanol–water partition coefficient (Wildman–Crippen LogP) is 3.59. The summed E-state index contributed by atoms with van der Waals surface area (Å²) in [5.41, 5.74) is 0.143. The first-order chi connectivity index (χ1) is 12.3. The molecule has 4 fully saturated rings. The SMILES string of the molecule is O=C1CCC2(CCCN(CC3CCCCC3)CC2)N1CC1CCCO1. The smallest absolute Gasteiger partial charge is 0.223 e. The quantitative estimate of drug-likeness (QED) is 0.778. The van der Waals surface area contributed by atoms with Crippen molar-refractivity contribution in [3.05, 3.63) is 0 Å². The Balaban J connectivity index is 1.36. The van der Waals surface area contributed by atoms with Crippen molar-refractivity contribution in [2.24, 2.45) is 5.92 Å². The van der Waals surface area contributed by atoms with E-state index < -0.39 is 0 Å². The Morgan fingerprint density at radius 1 is 0.920 bits per heavy atom. The van der Waals surface area contributed by atoms with Crippen LogP contribution in [-0.4, -0.2) is 60.1 Å². The van der Waals surface area contributed by atoms with Crippen molar-refractivity contribution < 1.29 is 9.53 Å². The molecule has 4 aliphatic rings. The lowest BCUT2D eigenvalue weighted by Crippen LogP contribution is -2.49. The average molecular weight is 349 g/mol. The predicted molar refractivity (Wildman–Crippen MR) is 99.5 cm³/mol. The van der Waals surface area contributed by atoms with Gasteiger partial charge in [-0.3, -0.25) is 4.79 Å². The molecule has 4 nitrogen and oxygen atoms in total. The Morgan fingerprint density at radius 3 is 2.60 bits per heavy atom. The third kappa shape index (κ3) is 4.05. The molecule has 2 unspecified atom stereocenters. The minimum absolute atomic E-state index is 0.143. The van der Waals surface area contributed by atoms with Crippen molar-refractivity contribution in [1.29, 1.82) is 0 Å². The van der Waals surface area contributed by atoms with E-state index in [0.717, 1.165) is 44.8 Å². The van der Waals surface area contributed by atoms with Crippen molar-refractivity contribution in [3.8, 4) is 0 Å². The lowest BCUT2D eigenvalue weighted by molar-refractivity contribution is -0.133. The molecule has 0 radical (unpaired) electrons. The topological polar surface area (TPSA) is 32.8 Å². The molecule has 25 heavy (non-hydrogen) atoms. The van der Waals surface area contributed by atoms with Gasteiger partial charge in [0.05, 0.1) is 6.10 Å². The standard InChI is InChI=1S/C21H36N2O2/c24-20-9-11-21(23(20)17-19-8-4-15-25-19)10-5-13-22(14-12-21)16-18-6-2-1-3-7-18/h18-19H,1-17H2. The summed E-state index contributed by atoms with van der Waals surface area (Å²) in [6, 6.07) is 0. The van der Waals surface area contributed by atoms with Crippen LogP contribution < -0.4 is 0 Å². The number of likely N-dealkylation sites (tertiary alicyclic amines) is 2. The van der Waals surface area contributed by atoms with Gasteiger partial charge < -0.3 is 14.5 Å². The van der Waals surface area contributed by atoms with Gasteiger partial charge in [0.1, 0.15) is 0 Å². The second-order valence-corrected chi connectivity index (χ2v) is 9.02. The van der Waals surface area contributed by atoms with Gasteiger partial charge in [0.2, 0.25) is 5.91 Å². The lowest BCUT2D eigenvalue weighted by atomic mass is 9.87. The van der Waals surface area contributed by atoms with Crippen LogP contribution in [0, 0.1) is 5.92 Å². The van der Waals surface area contributed by atoms with Gasteiger partial charge in [-0.1, -0.05) is 19.3 Å². The van der Waals surface area contributed by atoms with E-state index in [0.29, 0.717) is 12.0 Å². The molecule has 0 bridgehead atoms.